The highest BCUT2D eigenvalue weighted by atomic mass is 16.5. The summed E-state index contributed by atoms with van der Waals surface area (Å²) in [7, 11) is 3.28. The molecule has 0 fully saturated rings. The smallest absolute Gasteiger partial charge is 0.252 e. The van der Waals surface area contributed by atoms with Crippen molar-refractivity contribution in [2.45, 2.75) is 13.0 Å². The molecule has 8 heteroatoms. The highest BCUT2D eigenvalue weighted by Crippen LogP contribution is 2.32. The van der Waals surface area contributed by atoms with E-state index < -0.39 is 0 Å². The van der Waals surface area contributed by atoms with Gasteiger partial charge in [-0.15, -0.1) is 5.10 Å². The number of nitrogens with zero attached hydrogens (tertiary/aromatic N) is 5. The van der Waals surface area contributed by atoms with E-state index >= 15 is 0 Å². The van der Waals surface area contributed by atoms with E-state index in [-0.39, 0.29) is 18.4 Å². The molecule has 1 aliphatic heterocycles. The van der Waals surface area contributed by atoms with Crippen LogP contribution in [0.3, 0.4) is 0 Å². The lowest BCUT2D eigenvalue weighted by Gasteiger charge is -2.23. The number of rotatable bonds is 6. The largest absolute Gasteiger partial charge is 0.375 e. The second kappa shape index (κ2) is 7.49. The zero-order valence-electron chi connectivity index (χ0n) is 14.9. The SMILES string of the molecule is C=CC(=O)N(Cc1cnnn1C)c1ccc2c(c1)CCN2C(=O)COC. The van der Waals surface area contributed by atoms with Gasteiger partial charge in [0, 0.05) is 32.1 Å². The van der Waals surface area contributed by atoms with Crippen molar-refractivity contribution < 1.29 is 14.3 Å². The van der Waals surface area contributed by atoms with Gasteiger partial charge >= 0.3 is 0 Å². The second-order valence-corrected chi connectivity index (χ2v) is 6.02. The van der Waals surface area contributed by atoms with Crippen LogP contribution in [0.15, 0.2) is 37.1 Å². The van der Waals surface area contributed by atoms with Crippen LogP contribution in [-0.2, 0) is 34.3 Å². The van der Waals surface area contributed by atoms with Gasteiger partial charge in [0.2, 0.25) is 0 Å². The van der Waals surface area contributed by atoms with Crippen LogP contribution in [0.5, 0.6) is 0 Å². The maximum absolute atomic E-state index is 12.4. The predicted molar refractivity (Wildman–Crippen MR) is 96.8 cm³/mol. The number of aromatic nitrogens is 3. The fourth-order valence-electron chi connectivity index (χ4n) is 3.04. The molecule has 1 aromatic heterocycles. The van der Waals surface area contributed by atoms with Crippen molar-refractivity contribution in [3.05, 3.63) is 48.3 Å². The molecule has 136 valence electrons. The molecule has 0 bridgehead atoms. The number of carbonyl (C=O) groups excluding carboxylic acids is 2. The number of hydrogen-bond donors (Lipinski definition) is 0. The highest BCUT2D eigenvalue weighted by molar-refractivity contribution is 6.02. The van der Waals surface area contributed by atoms with Gasteiger partial charge in [0.15, 0.2) is 0 Å². The number of ether oxygens (including phenoxy) is 1. The van der Waals surface area contributed by atoms with Crippen LogP contribution in [0, 0.1) is 0 Å². The topological polar surface area (TPSA) is 80.6 Å². The first-order valence-electron chi connectivity index (χ1n) is 8.25. The van der Waals surface area contributed by atoms with Crippen molar-refractivity contribution in [1.29, 1.82) is 0 Å². The maximum Gasteiger partial charge on any atom is 0.252 e. The summed E-state index contributed by atoms with van der Waals surface area (Å²) in [4.78, 5) is 27.9. The fraction of sp³-hybridized carbons (Fsp3) is 0.333. The van der Waals surface area contributed by atoms with Crippen LogP contribution >= 0.6 is 0 Å². The Morgan fingerprint density at radius 1 is 1.42 bits per heavy atom. The molecule has 3 rings (SSSR count). The summed E-state index contributed by atoms with van der Waals surface area (Å²) in [6.07, 6.45) is 3.65. The quantitative estimate of drug-likeness (QED) is 0.724. The molecule has 2 amide bonds. The van der Waals surface area contributed by atoms with Crippen molar-refractivity contribution in [2.75, 3.05) is 30.1 Å². The Morgan fingerprint density at radius 2 is 2.23 bits per heavy atom. The summed E-state index contributed by atoms with van der Waals surface area (Å²) in [5, 5.41) is 7.75. The van der Waals surface area contributed by atoms with Crippen LogP contribution < -0.4 is 9.80 Å². The van der Waals surface area contributed by atoms with Crippen LogP contribution in [0.4, 0.5) is 11.4 Å². The lowest BCUT2D eigenvalue weighted by atomic mass is 10.1. The van der Waals surface area contributed by atoms with E-state index in [0.717, 1.165) is 29.1 Å². The van der Waals surface area contributed by atoms with E-state index in [4.69, 9.17) is 4.74 Å². The fourth-order valence-corrected chi connectivity index (χ4v) is 3.04. The third-order valence-electron chi connectivity index (χ3n) is 4.41. The minimum Gasteiger partial charge on any atom is -0.375 e. The molecule has 0 N–H and O–H groups in total. The van der Waals surface area contributed by atoms with Gasteiger partial charge in [0.1, 0.15) is 6.61 Å². The Bertz CT molecular complexity index is 845. The minimum absolute atomic E-state index is 0.0513. The number of carbonyl (C=O) groups is 2. The van der Waals surface area contributed by atoms with E-state index in [1.165, 1.54) is 13.2 Å². The standard InChI is InChI=1S/C18H21N5O3/c1-4-17(24)23(11-15-10-19-20-21(15)2)14-5-6-16-13(9-14)7-8-22(16)18(25)12-26-3/h4-6,9-10H,1,7-8,11-12H2,2-3H3. The van der Waals surface area contributed by atoms with Gasteiger partial charge in [-0.1, -0.05) is 11.8 Å². The Balaban J connectivity index is 1.89. The lowest BCUT2D eigenvalue weighted by Crippen LogP contribution is -2.32. The molecule has 1 aromatic carbocycles. The number of fused-ring (bicyclic) bond motifs is 1. The Kier molecular flexibility index (Phi) is 5.13. The summed E-state index contributed by atoms with van der Waals surface area (Å²) in [6, 6.07) is 5.65. The summed E-state index contributed by atoms with van der Waals surface area (Å²) in [6.45, 7) is 4.59. The molecule has 2 aromatic rings. The van der Waals surface area contributed by atoms with E-state index in [1.54, 1.807) is 27.7 Å². The third kappa shape index (κ3) is 3.36. The number of amides is 2. The van der Waals surface area contributed by atoms with Gasteiger partial charge in [-0.3, -0.25) is 14.3 Å². The third-order valence-corrected chi connectivity index (χ3v) is 4.41. The molecule has 0 spiro atoms. The van der Waals surface area contributed by atoms with Crippen LogP contribution in [0.25, 0.3) is 0 Å². The first-order chi connectivity index (χ1) is 12.5. The summed E-state index contributed by atoms with van der Waals surface area (Å²) in [5.74, 6) is -0.282. The predicted octanol–water partition coefficient (Wildman–Crippen LogP) is 1.07. The van der Waals surface area contributed by atoms with Crippen molar-refractivity contribution in [3.63, 3.8) is 0 Å². The molecule has 8 nitrogen and oxygen atoms in total. The average Bonchev–Trinajstić information content (AvgIpc) is 3.24. The van der Waals surface area contributed by atoms with Gasteiger partial charge in [-0.05, 0) is 36.3 Å². The van der Waals surface area contributed by atoms with Crippen LogP contribution in [0.1, 0.15) is 11.3 Å². The van der Waals surface area contributed by atoms with Gasteiger partial charge in [-0.2, -0.15) is 0 Å². The zero-order chi connectivity index (χ0) is 18.7. The van der Waals surface area contributed by atoms with Crippen molar-refractivity contribution in [1.82, 2.24) is 15.0 Å². The first-order valence-corrected chi connectivity index (χ1v) is 8.25. The van der Waals surface area contributed by atoms with Gasteiger partial charge < -0.3 is 14.5 Å². The van der Waals surface area contributed by atoms with E-state index in [1.807, 2.05) is 18.2 Å². The maximum atomic E-state index is 12.4. The number of methoxy groups -OCH3 is 1. The Hall–Kier alpha value is -3.00. The first kappa shape index (κ1) is 17.8. The number of aryl methyl sites for hydroxylation is 1. The molecule has 0 saturated heterocycles. The Labute approximate surface area is 151 Å². The minimum atomic E-state index is -0.212. The summed E-state index contributed by atoms with van der Waals surface area (Å²) >= 11 is 0. The van der Waals surface area contributed by atoms with E-state index in [9.17, 15) is 9.59 Å². The Morgan fingerprint density at radius 3 is 2.88 bits per heavy atom. The molecular weight excluding hydrogens is 334 g/mol. The molecule has 0 aliphatic carbocycles. The molecular formula is C18H21N5O3. The van der Waals surface area contributed by atoms with Gasteiger partial charge in [0.05, 0.1) is 18.4 Å². The highest BCUT2D eigenvalue weighted by Gasteiger charge is 2.26. The van der Waals surface area contributed by atoms with Crippen LogP contribution in [0.2, 0.25) is 0 Å². The summed E-state index contributed by atoms with van der Waals surface area (Å²) in [5.41, 5.74) is 3.44. The monoisotopic (exact) mass is 355 g/mol. The number of benzene rings is 1. The van der Waals surface area contributed by atoms with Gasteiger partial charge in [-0.25, -0.2) is 0 Å². The molecule has 1 aliphatic rings. The average molecular weight is 355 g/mol. The lowest BCUT2D eigenvalue weighted by molar-refractivity contribution is -0.122. The molecule has 26 heavy (non-hydrogen) atoms. The molecule has 0 radical (unpaired) electrons. The van der Waals surface area contributed by atoms with Gasteiger partial charge in [0.25, 0.3) is 11.8 Å². The zero-order valence-corrected chi connectivity index (χ0v) is 14.9. The second-order valence-electron chi connectivity index (χ2n) is 6.02. The number of hydrogen-bond acceptors (Lipinski definition) is 5. The molecule has 0 atom stereocenters. The van der Waals surface area contributed by atoms with E-state index in [0.29, 0.717) is 13.1 Å². The molecule has 0 unspecified atom stereocenters. The molecule has 0 saturated carbocycles. The van der Waals surface area contributed by atoms with Crippen LogP contribution in [-0.4, -0.2) is 47.1 Å². The molecule has 2 heterocycles. The van der Waals surface area contributed by atoms with Crippen molar-refractivity contribution in [3.8, 4) is 0 Å². The van der Waals surface area contributed by atoms with Crippen molar-refractivity contribution in [2.24, 2.45) is 7.05 Å². The van der Waals surface area contributed by atoms with Crippen molar-refractivity contribution >= 4 is 23.2 Å². The summed E-state index contributed by atoms with van der Waals surface area (Å²) < 4.78 is 6.57. The van der Waals surface area contributed by atoms with E-state index in [2.05, 4.69) is 16.9 Å². The number of anilines is 2. The normalized spacial score (nSPS) is 12.8.